The highest BCUT2D eigenvalue weighted by atomic mass is 16.6. The van der Waals surface area contributed by atoms with E-state index in [-0.39, 0.29) is 6.09 Å². The average molecular weight is 358 g/mol. The summed E-state index contributed by atoms with van der Waals surface area (Å²) in [5.41, 5.74) is 5.91. The van der Waals surface area contributed by atoms with E-state index in [2.05, 4.69) is 0 Å². The molecule has 140 valence electrons. The molecule has 1 aliphatic rings. The van der Waals surface area contributed by atoms with Gasteiger partial charge in [0.1, 0.15) is 16.9 Å². The van der Waals surface area contributed by atoms with Crippen molar-refractivity contribution in [1.29, 1.82) is 0 Å². The lowest BCUT2D eigenvalue weighted by Crippen LogP contribution is -2.42. The third-order valence-electron chi connectivity index (χ3n) is 4.62. The molecule has 6 heteroatoms. The number of likely N-dealkylation sites (tertiary alicyclic amines) is 1. The van der Waals surface area contributed by atoms with Crippen molar-refractivity contribution in [3.8, 4) is 0 Å². The Morgan fingerprint density at radius 2 is 1.96 bits per heavy atom. The molecule has 6 nitrogen and oxygen atoms in total. The molecule has 1 fully saturated rings. The third-order valence-corrected chi connectivity index (χ3v) is 4.62. The van der Waals surface area contributed by atoms with Crippen molar-refractivity contribution in [3.63, 3.8) is 0 Å². The van der Waals surface area contributed by atoms with Gasteiger partial charge in [-0.05, 0) is 51.7 Å². The van der Waals surface area contributed by atoms with Crippen LogP contribution < -0.4 is 5.73 Å². The summed E-state index contributed by atoms with van der Waals surface area (Å²) in [6.07, 6.45) is 2.35. The summed E-state index contributed by atoms with van der Waals surface area (Å²) in [7, 11) is 0. The highest BCUT2D eigenvalue weighted by Crippen LogP contribution is 2.28. The van der Waals surface area contributed by atoms with E-state index in [0.717, 1.165) is 30.4 Å². The molecule has 0 atom stereocenters. The van der Waals surface area contributed by atoms with Gasteiger partial charge in [0.2, 0.25) is 0 Å². The van der Waals surface area contributed by atoms with Gasteiger partial charge < -0.3 is 19.8 Å². The number of para-hydroxylation sites is 1. The van der Waals surface area contributed by atoms with Gasteiger partial charge in [0.15, 0.2) is 0 Å². The van der Waals surface area contributed by atoms with Crippen LogP contribution in [0.4, 0.5) is 4.79 Å². The van der Waals surface area contributed by atoms with Crippen LogP contribution >= 0.6 is 0 Å². The van der Waals surface area contributed by atoms with Gasteiger partial charge in [-0.3, -0.25) is 4.79 Å². The second kappa shape index (κ2) is 7.02. The lowest BCUT2D eigenvalue weighted by Gasteiger charge is -2.33. The zero-order valence-electron chi connectivity index (χ0n) is 15.6. The van der Waals surface area contributed by atoms with Crippen molar-refractivity contribution in [1.82, 2.24) is 4.90 Å². The number of hydrogen-bond donors (Lipinski definition) is 1. The predicted octanol–water partition coefficient (Wildman–Crippen LogP) is 3.72. The molecular weight excluding hydrogens is 332 g/mol. The Morgan fingerprint density at radius 1 is 1.27 bits per heavy atom. The average Bonchev–Trinajstić information content (AvgIpc) is 2.95. The largest absolute Gasteiger partial charge is 0.460 e. The number of furan rings is 1. The number of primary amides is 1. The van der Waals surface area contributed by atoms with E-state index >= 15 is 0 Å². The normalized spacial score (nSPS) is 16.0. The molecule has 2 amide bonds. The van der Waals surface area contributed by atoms with Gasteiger partial charge in [0.25, 0.3) is 5.91 Å². The molecule has 0 radical (unpaired) electrons. The molecule has 2 aromatic rings. The number of hydrogen-bond acceptors (Lipinski definition) is 4. The number of fused-ring (bicyclic) bond motifs is 1. The van der Waals surface area contributed by atoms with Gasteiger partial charge >= 0.3 is 6.09 Å². The number of amides is 2. The maximum absolute atomic E-state index is 12.1. The number of nitrogens with zero attached hydrogens (tertiary/aromatic N) is 1. The second-order valence-corrected chi connectivity index (χ2v) is 7.92. The summed E-state index contributed by atoms with van der Waals surface area (Å²) in [6.45, 7) is 7.00. The number of nitrogens with two attached hydrogens (primary N) is 1. The van der Waals surface area contributed by atoms with Crippen molar-refractivity contribution < 1.29 is 18.7 Å². The maximum atomic E-state index is 12.1. The summed E-state index contributed by atoms with van der Waals surface area (Å²) in [5.74, 6) is 0.804. The fourth-order valence-electron chi connectivity index (χ4n) is 3.34. The zero-order valence-corrected chi connectivity index (χ0v) is 15.6. The lowest BCUT2D eigenvalue weighted by atomic mass is 9.92. The molecule has 2 N–H and O–H groups in total. The maximum Gasteiger partial charge on any atom is 0.410 e. The zero-order chi connectivity index (χ0) is 18.9. The minimum absolute atomic E-state index is 0.245. The van der Waals surface area contributed by atoms with E-state index in [1.807, 2.05) is 32.9 Å². The van der Waals surface area contributed by atoms with Crippen LogP contribution in [0, 0.1) is 5.92 Å². The first kappa shape index (κ1) is 18.3. The first-order valence-electron chi connectivity index (χ1n) is 9.02. The Bertz CT molecular complexity index is 811. The van der Waals surface area contributed by atoms with Crippen molar-refractivity contribution >= 4 is 23.0 Å². The number of carbonyl (C=O) groups excluding carboxylic acids is 2. The van der Waals surface area contributed by atoms with Crippen molar-refractivity contribution in [2.45, 2.75) is 45.6 Å². The molecule has 0 bridgehead atoms. The van der Waals surface area contributed by atoms with Crippen LogP contribution in [0.3, 0.4) is 0 Å². The number of rotatable bonds is 3. The number of benzene rings is 1. The van der Waals surface area contributed by atoms with Gasteiger partial charge in [0, 0.05) is 24.9 Å². The highest BCUT2D eigenvalue weighted by Gasteiger charge is 2.27. The van der Waals surface area contributed by atoms with Crippen molar-refractivity contribution in [2.75, 3.05) is 13.1 Å². The minimum atomic E-state index is -0.484. The summed E-state index contributed by atoms with van der Waals surface area (Å²) >= 11 is 0. The fourth-order valence-corrected chi connectivity index (χ4v) is 3.34. The Morgan fingerprint density at radius 3 is 2.58 bits per heavy atom. The van der Waals surface area contributed by atoms with Crippen LogP contribution in [0.15, 0.2) is 28.7 Å². The van der Waals surface area contributed by atoms with Crippen LogP contribution in [0.2, 0.25) is 0 Å². The van der Waals surface area contributed by atoms with Crippen LogP contribution in [0.5, 0.6) is 0 Å². The highest BCUT2D eigenvalue weighted by molar-refractivity contribution is 6.04. The first-order chi connectivity index (χ1) is 12.2. The molecule has 1 saturated heterocycles. The molecule has 26 heavy (non-hydrogen) atoms. The van der Waals surface area contributed by atoms with Gasteiger partial charge in [-0.25, -0.2) is 4.79 Å². The van der Waals surface area contributed by atoms with E-state index in [9.17, 15) is 9.59 Å². The number of ether oxygens (including phenoxy) is 1. The van der Waals surface area contributed by atoms with Crippen molar-refractivity contribution in [2.24, 2.45) is 11.7 Å². The van der Waals surface area contributed by atoms with Crippen LogP contribution in [-0.2, 0) is 11.2 Å². The number of piperidine rings is 1. The van der Waals surface area contributed by atoms with E-state index < -0.39 is 11.5 Å². The smallest absolute Gasteiger partial charge is 0.410 e. The van der Waals surface area contributed by atoms with Crippen LogP contribution in [0.25, 0.3) is 11.0 Å². The van der Waals surface area contributed by atoms with Gasteiger partial charge in [-0.1, -0.05) is 12.1 Å². The monoisotopic (exact) mass is 358 g/mol. The van der Waals surface area contributed by atoms with E-state index in [1.54, 1.807) is 17.0 Å². The quantitative estimate of drug-likeness (QED) is 0.906. The standard InChI is InChI=1S/C20H26N2O4/c1-20(2,3)26-19(24)22-9-7-13(8-10-22)11-15-12-14-5-4-6-16(18(21)23)17(14)25-15/h4-6,12-13H,7-11H2,1-3H3,(H2,21,23). The Labute approximate surface area is 153 Å². The van der Waals surface area contributed by atoms with Crippen LogP contribution in [0.1, 0.15) is 49.7 Å². The Balaban J connectivity index is 1.61. The summed E-state index contributed by atoms with van der Waals surface area (Å²) in [6, 6.07) is 7.38. The molecule has 1 aromatic heterocycles. The van der Waals surface area contributed by atoms with Crippen LogP contribution in [-0.4, -0.2) is 35.6 Å². The lowest BCUT2D eigenvalue weighted by molar-refractivity contribution is 0.0183. The number of carbonyl (C=O) groups is 2. The Hall–Kier alpha value is -2.50. The van der Waals surface area contributed by atoms with Gasteiger partial charge in [-0.2, -0.15) is 0 Å². The van der Waals surface area contributed by atoms with Crippen molar-refractivity contribution in [3.05, 3.63) is 35.6 Å². The molecule has 0 unspecified atom stereocenters. The molecule has 2 heterocycles. The van der Waals surface area contributed by atoms with E-state index in [4.69, 9.17) is 14.9 Å². The summed E-state index contributed by atoms with van der Waals surface area (Å²) in [5, 5.41) is 0.891. The summed E-state index contributed by atoms with van der Waals surface area (Å²) in [4.78, 5) is 25.4. The SMILES string of the molecule is CC(C)(C)OC(=O)N1CCC(Cc2cc3cccc(C(N)=O)c3o2)CC1. The summed E-state index contributed by atoms with van der Waals surface area (Å²) < 4.78 is 11.3. The predicted molar refractivity (Wildman–Crippen MR) is 99.0 cm³/mol. The second-order valence-electron chi connectivity index (χ2n) is 7.92. The van der Waals surface area contributed by atoms with E-state index in [1.165, 1.54) is 0 Å². The molecule has 0 spiro atoms. The van der Waals surface area contributed by atoms with Gasteiger partial charge in [-0.15, -0.1) is 0 Å². The topological polar surface area (TPSA) is 85.8 Å². The van der Waals surface area contributed by atoms with E-state index in [0.29, 0.717) is 30.2 Å². The molecule has 0 saturated carbocycles. The third kappa shape index (κ3) is 4.18. The molecular formula is C20H26N2O4. The molecule has 1 aliphatic heterocycles. The van der Waals surface area contributed by atoms with Gasteiger partial charge in [0.05, 0.1) is 5.56 Å². The molecule has 3 rings (SSSR count). The fraction of sp³-hybridized carbons (Fsp3) is 0.500. The Kier molecular flexibility index (Phi) is 4.94. The first-order valence-corrected chi connectivity index (χ1v) is 9.02. The molecule has 1 aromatic carbocycles. The minimum Gasteiger partial charge on any atom is -0.460 e. The molecule has 0 aliphatic carbocycles.